The van der Waals surface area contributed by atoms with Crippen molar-refractivity contribution in [3.05, 3.63) is 93.7 Å². The average molecular weight is 437 g/mol. The Morgan fingerprint density at radius 3 is 2.40 bits per heavy atom. The maximum atomic E-state index is 12.3. The highest BCUT2D eigenvalue weighted by Crippen LogP contribution is 2.26. The summed E-state index contributed by atoms with van der Waals surface area (Å²) in [6.07, 6.45) is 0. The van der Waals surface area contributed by atoms with E-state index in [-0.39, 0.29) is 11.2 Å². The molecule has 0 fully saturated rings. The second kappa shape index (κ2) is 8.69. The SMILES string of the molecule is Cc1cccc2nc(Cl)nc(NCc3ccc(NC(=O)c4ccc(Cl)cc4)cc3)c12. The van der Waals surface area contributed by atoms with Crippen molar-refractivity contribution in [2.24, 2.45) is 0 Å². The number of hydrogen-bond acceptors (Lipinski definition) is 4. The van der Waals surface area contributed by atoms with Crippen molar-refractivity contribution in [3.8, 4) is 0 Å². The molecule has 0 unspecified atom stereocenters. The Morgan fingerprint density at radius 2 is 1.67 bits per heavy atom. The van der Waals surface area contributed by atoms with Gasteiger partial charge >= 0.3 is 0 Å². The minimum absolute atomic E-state index is 0.185. The summed E-state index contributed by atoms with van der Waals surface area (Å²) in [5.41, 5.74) is 4.18. The molecule has 7 heteroatoms. The standard InChI is InChI=1S/C23H18Cl2N4O/c1-14-3-2-4-19-20(14)21(29-23(25)28-19)26-13-15-5-11-18(12-6-15)27-22(30)16-7-9-17(24)10-8-16/h2-12H,13H2,1H3,(H,27,30)(H,26,28,29). The van der Waals surface area contributed by atoms with Crippen LogP contribution in [0.4, 0.5) is 11.5 Å². The number of carbonyl (C=O) groups is 1. The van der Waals surface area contributed by atoms with Crippen molar-refractivity contribution in [1.29, 1.82) is 0 Å². The second-order valence-corrected chi connectivity index (χ2v) is 7.60. The Kier molecular flexibility index (Phi) is 5.84. The van der Waals surface area contributed by atoms with Crippen LogP contribution >= 0.6 is 23.2 Å². The predicted octanol–water partition coefficient (Wildman–Crippen LogP) is 6.11. The van der Waals surface area contributed by atoms with Gasteiger partial charge in [-0.1, -0.05) is 35.9 Å². The molecular weight excluding hydrogens is 419 g/mol. The summed E-state index contributed by atoms with van der Waals surface area (Å²) < 4.78 is 0. The molecule has 1 heterocycles. The van der Waals surface area contributed by atoms with E-state index in [4.69, 9.17) is 23.2 Å². The molecule has 150 valence electrons. The van der Waals surface area contributed by atoms with Gasteiger partial charge in [0, 0.05) is 28.2 Å². The molecule has 0 saturated heterocycles. The molecule has 0 aliphatic carbocycles. The fourth-order valence-electron chi connectivity index (χ4n) is 3.15. The number of halogens is 2. The zero-order chi connectivity index (χ0) is 21.1. The zero-order valence-electron chi connectivity index (χ0n) is 16.1. The molecule has 4 rings (SSSR count). The van der Waals surface area contributed by atoms with Gasteiger partial charge in [-0.05, 0) is 72.1 Å². The molecule has 1 aromatic heterocycles. The van der Waals surface area contributed by atoms with E-state index < -0.39 is 0 Å². The molecule has 0 bridgehead atoms. The minimum Gasteiger partial charge on any atom is -0.365 e. The Balaban J connectivity index is 1.45. The molecule has 0 atom stereocenters. The lowest BCUT2D eigenvalue weighted by atomic mass is 10.1. The topological polar surface area (TPSA) is 66.9 Å². The van der Waals surface area contributed by atoms with Gasteiger partial charge in [-0.3, -0.25) is 4.79 Å². The molecule has 30 heavy (non-hydrogen) atoms. The van der Waals surface area contributed by atoms with E-state index in [0.29, 0.717) is 28.6 Å². The number of carbonyl (C=O) groups excluding carboxylic acids is 1. The zero-order valence-corrected chi connectivity index (χ0v) is 17.6. The van der Waals surface area contributed by atoms with E-state index in [1.807, 2.05) is 49.4 Å². The van der Waals surface area contributed by atoms with E-state index in [2.05, 4.69) is 20.6 Å². The number of nitrogens with zero attached hydrogens (tertiary/aromatic N) is 2. The third-order valence-electron chi connectivity index (χ3n) is 4.68. The van der Waals surface area contributed by atoms with Crippen LogP contribution in [-0.4, -0.2) is 15.9 Å². The summed E-state index contributed by atoms with van der Waals surface area (Å²) in [7, 11) is 0. The molecular formula is C23H18Cl2N4O. The van der Waals surface area contributed by atoms with Crippen LogP contribution in [0.15, 0.2) is 66.7 Å². The van der Waals surface area contributed by atoms with Crippen LogP contribution in [0.5, 0.6) is 0 Å². The van der Waals surface area contributed by atoms with Gasteiger partial charge in [0.15, 0.2) is 0 Å². The number of aryl methyl sites for hydroxylation is 1. The quantitative estimate of drug-likeness (QED) is 0.370. The molecule has 0 saturated carbocycles. The number of hydrogen-bond donors (Lipinski definition) is 2. The number of anilines is 2. The smallest absolute Gasteiger partial charge is 0.255 e. The summed E-state index contributed by atoms with van der Waals surface area (Å²) in [4.78, 5) is 21.0. The number of amides is 1. The van der Waals surface area contributed by atoms with Crippen LogP contribution in [-0.2, 0) is 6.54 Å². The van der Waals surface area contributed by atoms with Gasteiger partial charge in [0.2, 0.25) is 5.28 Å². The third kappa shape index (κ3) is 4.53. The molecule has 3 aromatic carbocycles. The normalized spacial score (nSPS) is 10.8. The van der Waals surface area contributed by atoms with Crippen molar-refractivity contribution in [2.45, 2.75) is 13.5 Å². The average Bonchev–Trinajstić information content (AvgIpc) is 2.73. The molecule has 0 spiro atoms. The molecule has 0 aliphatic rings. The van der Waals surface area contributed by atoms with Crippen LogP contribution in [0.1, 0.15) is 21.5 Å². The van der Waals surface area contributed by atoms with Crippen molar-refractivity contribution < 1.29 is 4.79 Å². The van der Waals surface area contributed by atoms with Crippen molar-refractivity contribution >= 4 is 51.5 Å². The fraction of sp³-hybridized carbons (Fsp3) is 0.0870. The monoisotopic (exact) mass is 436 g/mol. The highest BCUT2D eigenvalue weighted by atomic mass is 35.5. The fourth-order valence-corrected chi connectivity index (χ4v) is 3.45. The van der Waals surface area contributed by atoms with Crippen molar-refractivity contribution in [1.82, 2.24) is 9.97 Å². The lowest BCUT2D eigenvalue weighted by Crippen LogP contribution is -2.11. The maximum absolute atomic E-state index is 12.3. The van der Waals surface area contributed by atoms with Gasteiger partial charge < -0.3 is 10.6 Å². The van der Waals surface area contributed by atoms with Crippen LogP contribution in [0.25, 0.3) is 10.9 Å². The maximum Gasteiger partial charge on any atom is 0.255 e. The van der Waals surface area contributed by atoms with Crippen LogP contribution < -0.4 is 10.6 Å². The number of fused-ring (bicyclic) bond motifs is 1. The largest absolute Gasteiger partial charge is 0.365 e. The highest BCUT2D eigenvalue weighted by Gasteiger charge is 2.09. The summed E-state index contributed by atoms with van der Waals surface area (Å²) in [5, 5.41) is 7.97. The van der Waals surface area contributed by atoms with Crippen molar-refractivity contribution in [2.75, 3.05) is 10.6 Å². The molecule has 1 amide bonds. The van der Waals surface area contributed by atoms with E-state index in [1.165, 1.54) is 0 Å². The minimum atomic E-state index is -0.185. The van der Waals surface area contributed by atoms with Crippen LogP contribution in [0, 0.1) is 6.92 Å². The molecule has 2 N–H and O–H groups in total. The van der Waals surface area contributed by atoms with Crippen molar-refractivity contribution in [3.63, 3.8) is 0 Å². The summed E-state index contributed by atoms with van der Waals surface area (Å²) in [6, 6.07) is 20.3. The van der Waals surface area contributed by atoms with Gasteiger partial charge in [0.25, 0.3) is 5.91 Å². The van der Waals surface area contributed by atoms with E-state index >= 15 is 0 Å². The lowest BCUT2D eigenvalue weighted by molar-refractivity contribution is 0.102. The third-order valence-corrected chi connectivity index (χ3v) is 5.10. The summed E-state index contributed by atoms with van der Waals surface area (Å²) >= 11 is 11.9. The van der Waals surface area contributed by atoms with E-state index in [9.17, 15) is 4.79 Å². The Hall–Kier alpha value is -3.15. The number of aromatic nitrogens is 2. The first kappa shape index (κ1) is 20.1. The first-order chi connectivity index (χ1) is 14.5. The second-order valence-electron chi connectivity index (χ2n) is 6.82. The van der Waals surface area contributed by atoms with Gasteiger partial charge in [0.1, 0.15) is 5.82 Å². The van der Waals surface area contributed by atoms with Crippen LogP contribution in [0.2, 0.25) is 10.3 Å². The van der Waals surface area contributed by atoms with Crippen LogP contribution in [0.3, 0.4) is 0 Å². The number of benzene rings is 3. The molecule has 4 aromatic rings. The number of nitrogens with one attached hydrogen (secondary N) is 2. The number of rotatable bonds is 5. The first-order valence-corrected chi connectivity index (χ1v) is 10.1. The highest BCUT2D eigenvalue weighted by molar-refractivity contribution is 6.30. The summed E-state index contributed by atoms with van der Waals surface area (Å²) in [5.74, 6) is 0.512. The Labute approximate surface area is 184 Å². The van der Waals surface area contributed by atoms with Gasteiger partial charge in [-0.25, -0.2) is 9.97 Å². The lowest BCUT2D eigenvalue weighted by Gasteiger charge is -2.11. The van der Waals surface area contributed by atoms with Gasteiger partial charge in [-0.2, -0.15) is 0 Å². The first-order valence-electron chi connectivity index (χ1n) is 9.32. The van der Waals surface area contributed by atoms with E-state index in [1.54, 1.807) is 24.3 Å². The predicted molar refractivity (Wildman–Crippen MR) is 122 cm³/mol. The van der Waals surface area contributed by atoms with Gasteiger partial charge in [0.05, 0.1) is 5.52 Å². The molecule has 0 radical (unpaired) electrons. The Morgan fingerprint density at radius 1 is 0.933 bits per heavy atom. The molecule has 0 aliphatic heterocycles. The van der Waals surface area contributed by atoms with E-state index in [0.717, 1.165) is 22.0 Å². The Bertz CT molecular complexity index is 1210. The summed E-state index contributed by atoms with van der Waals surface area (Å²) in [6.45, 7) is 2.57. The van der Waals surface area contributed by atoms with Gasteiger partial charge in [-0.15, -0.1) is 0 Å². The molecule has 5 nitrogen and oxygen atoms in total.